The van der Waals surface area contributed by atoms with Crippen LogP contribution in [0, 0.1) is 34.4 Å². The number of hydrogen-bond donors (Lipinski definition) is 5. The zero-order chi connectivity index (χ0) is 37.0. The number of carbonyl (C=O) groups is 3. The number of anilines is 1. The highest BCUT2D eigenvalue weighted by molar-refractivity contribution is 6.01. The van der Waals surface area contributed by atoms with Crippen molar-refractivity contribution in [1.82, 2.24) is 9.88 Å². The van der Waals surface area contributed by atoms with Crippen LogP contribution in [0.25, 0.3) is 10.9 Å². The van der Waals surface area contributed by atoms with Crippen LogP contribution in [0.1, 0.15) is 75.5 Å². The molecule has 1 saturated heterocycles. The molecule has 0 amide bonds. The molecule has 282 valence electrons. The van der Waals surface area contributed by atoms with Gasteiger partial charge in [0, 0.05) is 54.9 Å². The van der Waals surface area contributed by atoms with Crippen molar-refractivity contribution in [3.8, 4) is 0 Å². The number of aromatic carboxylic acids is 1. The highest BCUT2D eigenvalue weighted by Gasteiger charge is 2.76. The van der Waals surface area contributed by atoms with Crippen LogP contribution in [-0.4, -0.2) is 86.1 Å². The van der Waals surface area contributed by atoms with Crippen LogP contribution in [0.3, 0.4) is 0 Å². The Kier molecular flexibility index (Phi) is 9.43. The maximum Gasteiger partial charge on any atom is 0.341 e. The number of hydrogen-bond acceptors (Lipinski definition) is 9. The Morgan fingerprint density at radius 2 is 1.81 bits per heavy atom. The van der Waals surface area contributed by atoms with Crippen LogP contribution in [0.15, 0.2) is 40.7 Å². The smallest absolute Gasteiger partial charge is 0.341 e. The van der Waals surface area contributed by atoms with Crippen molar-refractivity contribution in [2.45, 2.75) is 83.4 Å². The van der Waals surface area contributed by atoms with Crippen molar-refractivity contribution < 1.29 is 43.6 Å². The van der Waals surface area contributed by atoms with Crippen LogP contribution >= 0.6 is 12.4 Å². The number of nitrogens with one attached hydrogen (secondary N) is 1. The van der Waals surface area contributed by atoms with E-state index >= 15 is 8.78 Å². The first-order chi connectivity index (χ1) is 24.0. The number of aliphatic hydroxyl groups excluding tert-OH is 2. The second-order valence-electron chi connectivity index (χ2n) is 15.6. The molecule has 2 aromatic rings. The molecule has 9 atom stereocenters. The van der Waals surface area contributed by atoms with Gasteiger partial charge in [0.25, 0.3) is 0 Å². The molecule has 52 heavy (non-hydrogen) atoms. The molecule has 0 bridgehead atoms. The lowest BCUT2D eigenvalue weighted by molar-refractivity contribution is -0.221. The summed E-state index contributed by atoms with van der Waals surface area (Å²) in [7, 11) is 0. The van der Waals surface area contributed by atoms with Crippen molar-refractivity contribution in [3.63, 3.8) is 0 Å². The number of halogens is 3. The van der Waals surface area contributed by atoms with Crippen LogP contribution in [0.5, 0.6) is 0 Å². The number of alkyl halides is 1. The summed E-state index contributed by atoms with van der Waals surface area (Å²) in [6, 6.07) is 2.41. The minimum absolute atomic E-state index is 0. The Bertz CT molecular complexity index is 2000. The van der Waals surface area contributed by atoms with E-state index in [-0.39, 0.29) is 60.6 Å². The van der Waals surface area contributed by atoms with Gasteiger partial charge in [0.1, 0.15) is 17.0 Å². The summed E-state index contributed by atoms with van der Waals surface area (Å²) in [6.07, 6.45) is 0.704. The van der Waals surface area contributed by atoms with Crippen molar-refractivity contribution in [3.05, 3.63) is 63.2 Å². The Hall–Kier alpha value is -3.49. The van der Waals surface area contributed by atoms with Crippen molar-refractivity contribution in [1.29, 1.82) is 0 Å². The summed E-state index contributed by atoms with van der Waals surface area (Å²) in [5, 5.41) is 49.7. The molecule has 4 fully saturated rings. The number of pyridine rings is 1. The first-order valence-corrected chi connectivity index (χ1v) is 17.8. The van der Waals surface area contributed by atoms with Crippen molar-refractivity contribution in [2.75, 3.05) is 31.1 Å². The summed E-state index contributed by atoms with van der Waals surface area (Å²) in [4.78, 5) is 55.3. The van der Waals surface area contributed by atoms with Crippen LogP contribution in [0.4, 0.5) is 14.5 Å². The van der Waals surface area contributed by atoms with Crippen molar-refractivity contribution in [2.24, 2.45) is 28.6 Å². The molecule has 3 saturated carbocycles. The number of aromatic nitrogens is 1. The number of piperazine rings is 1. The molecule has 11 nitrogen and oxygen atoms in total. The molecule has 4 aliphatic carbocycles. The molecular formula is C38H46ClF2N3O8. The second-order valence-corrected chi connectivity index (χ2v) is 15.6. The Morgan fingerprint density at radius 1 is 1.13 bits per heavy atom. The van der Waals surface area contributed by atoms with E-state index in [1.165, 1.54) is 28.9 Å². The predicted molar refractivity (Wildman–Crippen MR) is 191 cm³/mol. The number of ketones is 2. The largest absolute Gasteiger partial charge is 0.477 e. The molecule has 1 aromatic heterocycles. The van der Waals surface area contributed by atoms with Gasteiger partial charge in [-0.05, 0) is 75.7 Å². The zero-order valence-corrected chi connectivity index (χ0v) is 30.4. The topological polar surface area (TPSA) is 169 Å². The number of benzene rings is 1. The number of fused-ring (bicyclic) bond motifs is 6. The minimum atomic E-state index is -2.37. The first kappa shape index (κ1) is 38.2. The molecule has 1 aliphatic heterocycles. The summed E-state index contributed by atoms with van der Waals surface area (Å²) in [6.45, 7) is 8.63. The fourth-order valence-electron chi connectivity index (χ4n) is 10.9. The van der Waals surface area contributed by atoms with E-state index in [0.29, 0.717) is 38.2 Å². The molecule has 14 heteroatoms. The Labute approximate surface area is 305 Å². The summed E-state index contributed by atoms with van der Waals surface area (Å²) >= 11 is 0. The monoisotopic (exact) mass is 745 g/mol. The quantitative estimate of drug-likeness (QED) is 0.295. The van der Waals surface area contributed by atoms with Gasteiger partial charge in [0.05, 0.1) is 23.0 Å². The molecule has 2 heterocycles. The van der Waals surface area contributed by atoms with Crippen LogP contribution in [-0.2, 0) is 16.1 Å². The highest BCUT2D eigenvalue weighted by Crippen LogP contribution is 2.71. The fraction of sp³-hybridized carbons (Fsp3) is 0.579. The normalized spacial score (nSPS) is 36.0. The van der Waals surface area contributed by atoms with Gasteiger partial charge < -0.3 is 35.2 Å². The van der Waals surface area contributed by atoms with Crippen molar-refractivity contribution >= 4 is 46.5 Å². The standard InChI is InChI=1S/C38H45F2N3O8.ClH/c1-5-43-26-17-27(42-12-10-41-11-13-42)25(39)16-22(26)31(46)29(34(49)50)30(43)32(47)33(48)38(51)19(2)14-24-23-7-6-20-15-21(44)8-9-35(20,3)37(23,40)28(45)18-36(24,38)4;/h8-9,15-17,19,23-24,28,32,41,45,47,51H,5-7,10-14,18H2,1-4H3,(H,49,50);1H/t19-,23+,24+,28?,32?,35+,36+,37?,38+;/m1./s1. The molecule has 0 spiro atoms. The molecule has 5 aliphatic rings. The molecule has 0 radical (unpaired) electrons. The number of Topliss-reactive ketones (excluding diaryl/α,β-unsaturated/α-hetero) is 1. The average molecular weight is 746 g/mol. The van der Waals surface area contributed by atoms with Crippen LogP contribution in [0.2, 0.25) is 0 Å². The number of aryl methyl sites for hydroxylation is 1. The molecule has 3 unspecified atom stereocenters. The van der Waals surface area contributed by atoms with E-state index in [1.54, 1.807) is 32.6 Å². The number of allylic oxidation sites excluding steroid dienone is 4. The van der Waals surface area contributed by atoms with Gasteiger partial charge in [-0.15, -0.1) is 12.4 Å². The molecule has 7 rings (SSSR count). The van der Waals surface area contributed by atoms with Gasteiger partial charge in [-0.25, -0.2) is 13.6 Å². The number of carbonyl (C=O) groups excluding carboxylic acids is 2. The van der Waals surface area contributed by atoms with E-state index in [2.05, 4.69) is 5.32 Å². The Morgan fingerprint density at radius 3 is 2.44 bits per heavy atom. The third-order valence-electron chi connectivity index (χ3n) is 13.5. The number of aliphatic hydroxyl groups is 3. The van der Waals surface area contributed by atoms with Gasteiger partial charge in [0.2, 0.25) is 5.43 Å². The third-order valence-corrected chi connectivity index (χ3v) is 13.5. The van der Waals surface area contributed by atoms with Gasteiger partial charge in [-0.3, -0.25) is 14.4 Å². The molecule has 1 aromatic carbocycles. The lowest BCUT2D eigenvalue weighted by Crippen LogP contribution is -2.69. The lowest BCUT2D eigenvalue weighted by Gasteiger charge is -2.62. The average Bonchev–Trinajstić information content (AvgIpc) is 3.29. The summed E-state index contributed by atoms with van der Waals surface area (Å²) in [5.41, 5.74) is -9.01. The Balaban J connectivity index is 0.00000464. The van der Waals surface area contributed by atoms with Gasteiger partial charge in [-0.2, -0.15) is 0 Å². The predicted octanol–water partition coefficient (Wildman–Crippen LogP) is 3.64. The number of carboxylic acid groups (broad SMARTS) is 1. The van der Waals surface area contributed by atoms with E-state index in [4.69, 9.17) is 0 Å². The number of rotatable bonds is 6. The maximum atomic E-state index is 17.7. The minimum Gasteiger partial charge on any atom is -0.477 e. The summed E-state index contributed by atoms with van der Waals surface area (Å²) in [5.74, 6) is -6.18. The van der Waals surface area contributed by atoms with Gasteiger partial charge in [-0.1, -0.05) is 25.5 Å². The van der Waals surface area contributed by atoms with E-state index in [0.717, 1.165) is 6.07 Å². The molecular weight excluding hydrogens is 700 g/mol. The first-order valence-electron chi connectivity index (χ1n) is 17.8. The van der Waals surface area contributed by atoms with E-state index < -0.39 is 86.3 Å². The summed E-state index contributed by atoms with van der Waals surface area (Å²) < 4.78 is 34.5. The maximum absolute atomic E-state index is 17.7. The van der Waals surface area contributed by atoms with Gasteiger partial charge >= 0.3 is 5.97 Å². The van der Waals surface area contributed by atoms with Crippen LogP contribution < -0.4 is 15.6 Å². The lowest BCUT2D eigenvalue weighted by atomic mass is 9.44. The van der Waals surface area contributed by atoms with E-state index in [9.17, 15) is 39.6 Å². The zero-order valence-electron chi connectivity index (χ0n) is 29.6. The number of carboxylic acids is 1. The highest BCUT2D eigenvalue weighted by atomic mass is 35.5. The number of nitrogens with zero attached hydrogens (tertiary/aromatic N) is 2. The second kappa shape index (κ2) is 12.8. The third kappa shape index (κ3) is 4.88. The molecule has 5 N–H and O–H groups in total. The van der Waals surface area contributed by atoms with Gasteiger partial charge in [0.15, 0.2) is 23.3 Å². The fourth-order valence-corrected chi connectivity index (χ4v) is 10.9. The SMILES string of the molecule is CCn1c(C(O)C(=O)[C@@]2(O)[C@H](C)C[C@H]3[C@@H]4CCC5=CC(=O)C=C[C@]5(C)C4(F)C(O)C[C@@]32C)c(C(=O)O)c(=O)c2cc(F)c(N3CCNCC3)cc21.Cl. The van der Waals surface area contributed by atoms with E-state index in [1.807, 2.05) is 0 Å².